The minimum atomic E-state index is -1.37. The van der Waals surface area contributed by atoms with Crippen LogP contribution in [0.3, 0.4) is 0 Å². The summed E-state index contributed by atoms with van der Waals surface area (Å²) in [6, 6.07) is 6.79. The molecule has 0 aliphatic carbocycles. The number of carbonyl (C=O) groups is 10. The predicted molar refractivity (Wildman–Crippen MR) is 421 cm³/mol. The zero-order valence-electron chi connectivity index (χ0n) is 70.8. The summed E-state index contributed by atoms with van der Waals surface area (Å²) in [4.78, 5) is 143. The molecule has 624 valence electrons. The Bertz CT molecular complexity index is 3280. The maximum absolute atomic E-state index is 14.7. The lowest BCUT2D eigenvalue weighted by Crippen LogP contribution is -2.55. The van der Waals surface area contributed by atoms with Gasteiger partial charge in [-0.2, -0.15) is 0 Å². The molecule has 0 spiro atoms. The average molecular weight is 1550 g/mol. The molecule has 6 amide bonds. The minimum absolute atomic E-state index is 0.00681. The van der Waals surface area contributed by atoms with Gasteiger partial charge in [-0.25, -0.2) is 18.4 Å². The number of ketones is 2. The zero-order chi connectivity index (χ0) is 83.5. The summed E-state index contributed by atoms with van der Waals surface area (Å²) in [5.74, 6) is -7.73. The van der Waals surface area contributed by atoms with Gasteiger partial charge in [-0.05, 0) is 119 Å². The first-order valence-corrected chi connectivity index (χ1v) is 39.7. The maximum atomic E-state index is 14.7. The van der Waals surface area contributed by atoms with Gasteiger partial charge in [0.25, 0.3) is 0 Å². The van der Waals surface area contributed by atoms with E-state index in [4.69, 9.17) is 23.7 Å². The van der Waals surface area contributed by atoms with E-state index in [-0.39, 0.29) is 132 Å². The Morgan fingerprint density at radius 3 is 1.16 bits per heavy atom. The van der Waals surface area contributed by atoms with Crippen LogP contribution >= 0.6 is 0 Å². The SMILES string of the molecule is CC[C@H](C)[C@@H]([C@@H](CC(=O)N1CCC[C@H]1[C@H](OC)[C@@H](C)C(=O)N[C@@H](Cc1ccccc1F)C(=O)O)OC)N(C)C(=O)[C@@H](CC(=O)[C@@H](NC)C(C)C)C(C)C.CC[C@H](C)[C@@H]([C@@H](CC(=O)N1CCC[C@H]1[C@H](OC)[C@@H](C)C(=O)N[C@@H](Cc1ccccc1F)C(=O)OC(C)(C)C)OC)N(C)C(=O)[C@@H](CC(=O)[C@@H](NC)C(C)C)C(C)C. The van der Waals surface area contributed by atoms with Crippen LogP contribution in [-0.2, 0) is 84.5 Å². The van der Waals surface area contributed by atoms with E-state index in [2.05, 4.69) is 21.3 Å². The van der Waals surface area contributed by atoms with E-state index in [9.17, 15) is 61.8 Å². The first-order chi connectivity index (χ1) is 51.6. The summed E-state index contributed by atoms with van der Waals surface area (Å²) < 4.78 is 58.3. The zero-order valence-corrected chi connectivity index (χ0v) is 70.8. The number of methoxy groups -OCH3 is 4. The molecule has 110 heavy (non-hydrogen) atoms. The summed E-state index contributed by atoms with van der Waals surface area (Å²) in [7, 11) is 13.0. The molecule has 2 heterocycles. The molecule has 2 aromatic carbocycles. The number of Topliss-reactive ketones (excluding diaryl/α,β-unsaturated/α-hetero) is 2. The number of ether oxygens (including phenoxy) is 5. The van der Waals surface area contributed by atoms with Gasteiger partial charge < -0.3 is 69.7 Å². The number of amides is 6. The summed E-state index contributed by atoms with van der Waals surface area (Å²) in [6.07, 6.45) is 1.00. The molecule has 2 saturated heterocycles. The van der Waals surface area contributed by atoms with Crippen molar-refractivity contribution in [3.63, 3.8) is 0 Å². The number of hydrogen-bond donors (Lipinski definition) is 5. The van der Waals surface area contributed by atoms with Gasteiger partial charge in [-0.3, -0.25) is 38.4 Å². The molecule has 2 aliphatic heterocycles. The van der Waals surface area contributed by atoms with Gasteiger partial charge in [0, 0.05) is 93.1 Å². The number of halogens is 2. The fourth-order valence-electron chi connectivity index (χ4n) is 15.9. The van der Waals surface area contributed by atoms with Crippen LogP contribution in [0, 0.1) is 70.8 Å². The molecule has 4 rings (SSSR count). The third-order valence-corrected chi connectivity index (χ3v) is 22.6. The van der Waals surface area contributed by atoms with Crippen molar-refractivity contribution >= 4 is 58.9 Å². The van der Waals surface area contributed by atoms with Crippen LogP contribution in [0.15, 0.2) is 48.5 Å². The smallest absolute Gasteiger partial charge is 0.329 e. The van der Waals surface area contributed by atoms with E-state index >= 15 is 0 Å². The van der Waals surface area contributed by atoms with E-state index in [1.165, 1.54) is 45.6 Å². The second-order valence-electron chi connectivity index (χ2n) is 32.8. The Morgan fingerprint density at radius 2 is 0.873 bits per heavy atom. The number of carboxylic acids is 1. The molecule has 0 aromatic heterocycles. The lowest BCUT2D eigenvalue weighted by molar-refractivity contribution is -0.159. The Morgan fingerprint density at radius 1 is 0.527 bits per heavy atom. The first-order valence-electron chi connectivity index (χ1n) is 39.7. The number of esters is 1. The van der Waals surface area contributed by atoms with Crippen LogP contribution in [0.5, 0.6) is 0 Å². The molecular formula is C84H138F2N8O16. The molecule has 0 saturated carbocycles. The maximum Gasteiger partial charge on any atom is 0.329 e. The van der Waals surface area contributed by atoms with Gasteiger partial charge in [0.15, 0.2) is 11.6 Å². The van der Waals surface area contributed by atoms with Crippen molar-refractivity contribution in [1.82, 2.24) is 40.9 Å². The summed E-state index contributed by atoms with van der Waals surface area (Å²) in [5, 5.41) is 21.4. The summed E-state index contributed by atoms with van der Waals surface area (Å²) >= 11 is 0. The number of nitrogens with zero attached hydrogens (tertiary/aromatic N) is 4. The van der Waals surface area contributed by atoms with Gasteiger partial charge in [0.2, 0.25) is 35.4 Å². The Kier molecular flexibility index (Phi) is 41.0. The highest BCUT2D eigenvalue weighted by Crippen LogP contribution is 2.34. The number of likely N-dealkylation sites (N-methyl/N-ethyl adjacent to an activating group) is 4. The number of carbonyl (C=O) groups excluding carboxylic acids is 9. The van der Waals surface area contributed by atoms with Crippen molar-refractivity contribution < 1.29 is 85.5 Å². The summed E-state index contributed by atoms with van der Waals surface area (Å²) in [5.41, 5.74) is -0.411. The van der Waals surface area contributed by atoms with Gasteiger partial charge in [-0.15, -0.1) is 0 Å². The van der Waals surface area contributed by atoms with Crippen LogP contribution in [0.2, 0.25) is 0 Å². The number of likely N-dealkylation sites (tertiary alicyclic amines) is 2. The van der Waals surface area contributed by atoms with Crippen molar-refractivity contribution in [1.29, 1.82) is 0 Å². The van der Waals surface area contributed by atoms with E-state index in [0.29, 0.717) is 38.8 Å². The average Bonchev–Trinajstić information content (AvgIpc) is 1.42. The lowest BCUT2D eigenvalue weighted by Gasteiger charge is -2.41. The van der Waals surface area contributed by atoms with Crippen molar-refractivity contribution in [2.45, 2.75) is 273 Å². The van der Waals surface area contributed by atoms with E-state index < -0.39 is 125 Å². The highest BCUT2D eigenvalue weighted by molar-refractivity contribution is 5.92. The van der Waals surface area contributed by atoms with Crippen LogP contribution in [-0.4, -0.2) is 232 Å². The molecule has 0 unspecified atom stereocenters. The molecule has 0 bridgehead atoms. The van der Waals surface area contributed by atoms with E-state index in [0.717, 1.165) is 12.8 Å². The molecule has 2 aromatic rings. The molecule has 2 fully saturated rings. The molecule has 24 nitrogen and oxygen atoms in total. The van der Waals surface area contributed by atoms with Crippen molar-refractivity contribution in [2.24, 2.45) is 59.2 Å². The van der Waals surface area contributed by atoms with Crippen LogP contribution in [0.4, 0.5) is 8.78 Å². The second kappa shape index (κ2) is 46.4. The van der Waals surface area contributed by atoms with Crippen LogP contribution < -0.4 is 21.3 Å². The fraction of sp³-hybridized carbons (Fsp3) is 0.738. The molecular weight excluding hydrogens is 1410 g/mol. The number of aliphatic carboxylic acids is 1. The highest BCUT2D eigenvalue weighted by atomic mass is 19.1. The number of hydrogen-bond acceptors (Lipinski definition) is 17. The standard InChI is InChI=1S/C44H73FN4O8.C40H65FN4O8/c1-15-28(6)39(48(12)42(53)31(26(2)3)24-35(50)38(46-11)27(4)5)36(55-13)25-37(51)49-22-18-21-34(49)40(56-14)29(7)41(52)47-33(43(54)57-44(8,9)10)23-30-19-16-17-20-32(30)45;1-12-25(6)36(44(9)39(49)28(23(2)3)21-32(46)35(42-8)24(4)5)33(52-10)22-34(47)45-19-15-18-31(45)37(53-11)26(7)38(48)43-30(40(50)51)20-27-16-13-14-17-29(27)41/h16-17,19-20,26-29,31,33-34,36,38-40,46H,15,18,21-25H2,1-14H3,(H,47,52);13-14,16-17,23-26,28,30-31,33,35-37,42H,12,15,18-22H2,1-11H3,(H,43,48)(H,50,51)/t28-,29+,31-,33-,34-,36+,38-,39-,40+;25-,26+,28-,30-,31-,33+,35-,36-,37+/m00/s1. The molecule has 18 atom stereocenters. The number of rotatable bonds is 44. The van der Waals surface area contributed by atoms with E-state index in [1.807, 2.05) is 83.1 Å². The minimum Gasteiger partial charge on any atom is -0.480 e. The molecule has 0 radical (unpaired) electrons. The normalized spacial score (nSPS) is 19.1. The van der Waals surface area contributed by atoms with Crippen molar-refractivity contribution in [3.05, 3.63) is 71.3 Å². The molecule has 26 heteroatoms. The largest absolute Gasteiger partial charge is 0.480 e. The highest BCUT2D eigenvalue weighted by Gasteiger charge is 2.47. The van der Waals surface area contributed by atoms with Crippen LogP contribution in [0.25, 0.3) is 0 Å². The van der Waals surface area contributed by atoms with Crippen LogP contribution in [0.1, 0.15) is 193 Å². The monoisotopic (exact) mass is 1550 g/mol. The fourth-order valence-corrected chi connectivity index (χ4v) is 15.9. The van der Waals surface area contributed by atoms with Gasteiger partial charge in [0.1, 0.15) is 29.3 Å². The quantitative estimate of drug-likeness (QED) is 0.0385. The predicted octanol–water partition coefficient (Wildman–Crippen LogP) is 9.92. The molecule has 2 aliphatic rings. The van der Waals surface area contributed by atoms with Crippen molar-refractivity contribution in [3.8, 4) is 0 Å². The lowest BCUT2D eigenvalue weighted by atomic mass is 9.84. The van der Waals surface area contributed by atoms with Gasteiger partial charge >= 0.3 is 11.9 Å². The first kappa shape index (κ1) is 97.4. The van der Waals surface area contributed by atoms with Crippen molar-refractivity contribution in [2.75, 3.05) is 69.7 Å². The third-order valence-electron chi connectivity index (χ3n) is 22.6. The van der Waals surface area contributed by atoms with E-state index in [1.54, 1.807) is 114 Å². The Labute approximate surface area is 655 Å². The number of benzene rings is 2. The summed E-state index contributed by atoms with van der Waals surface area (Å²) in [6.45, 7) is 33.1. The van der Waals surface area contributed by atoms with Gasteiger partial charge in [0.05, 0.1) is 85.3 Å². The number of carboxylic acid groups (broad SMARTS) is 1. The topological polar surface area (TPSA) is 298 Å². The number of nitrogens with one attached hydrogen (secondary N) is 4. The molecule has 5 N–H and O–H groups in total. The van der Waals surface area contributed by atoms with Gasteiger partial charge in [-0.1, -0.05) is 146 Å². The third kappa shape index (κ3) is 27.5. The second-order valence-corrected chi connectivity index (χ2v) is 32.8. The Hall–Kier alpha value is -6.84. The Balaban J connectivity index is 0.000000572.